The van der Waals surface area contributed by atoms with E-state index in [1.807, 2.05) is 4.57 Å². The summed E-state index contributed by atoms with van der Waals surface area (Å²) >= 11 is 0. The Morgan fingerprint density at radius 3 is 3.09 bits per heavy atom. The molecule has 0 bridgehead atoms. The summed E-state index contributed by atoms with van der Waals surface area (Å²) in [7, 11) is 0. The van der Waals surface area contributed by atoms with Gasteiger partial charge in [0.15, 0.2) is 11.6 Å². The van der Waals surface area contributed by atoms with Gasteiger partial charge in [-0.05, 0) is 13.3 Å². The molecule has 0 N–H and O–H groups in total. The summed E-state index contributed by atoms with van der Waals surface area (Å²) in [5, 5.41) is 12.3. The first-order valence-electron chi connectivity index (χ1n) is 8.33. The van der Waals surface area contributed by atoms with Crippen molar-refractivity contribution in [1.29, 1.82) is 0 Å². The molecule has 126 valence electrons. The first-order chi connectivity index (χ1) is 11.3. The van der Waals surface area contributed by atoms with E-state index in [0.717, 1.165) is 56.4 Å². The quantitative estimate of drug-likeness (QED) is 0.766. The van der Waals surface area contributed by atoms with Crippen molar-refractivity contribution in [3.8, 4) is 0 Å². The number of aryl methyl sites for hydroxylation is 2. The van der Waals surface area contributed by atoms with Gasteiger partial charge < -0.3 is 13.8 Å². The second kappa shape index (κ2) is 7.65. The van der Waals surface area contributed by atoms with Crippen molar-refractivity contribution >= 4 is 0 Å². The minimum absolute atomic E-state index is 0.0577. The molecule has 1 aliphatic rings. The SMILES string of the molecule is CCCCc1nc(CN2CCOC(c3nncn3CC)C2)no1. The third-order valence-electron chi connectivity index (χ3n) is 4.04. The molecule has 23 heavy (non-hydrogen) atoms. The van der Waals surface area contributed by atoms with Crippen LogP contribution in [0.1, 0.15) is 50.3 Å². The largest absolute Gasteiger partial charge is 0.368 e. The van der Waals surface area contributed by atoms with E-state index in [0.29, 0.717) is 13.2 Å². The fraction of sp³-hybridized carbons (Fsp3) is 0.733. The Bertz CT molecular complexity index is 611. The number of unbranched alkanes of at least 4 members (excludes halogenated alkanes) is 1. The summed E-state index contributed by atoms with van der Waals surface area (Å²) in [6.45, 7) is 8.03. The number of ether oxygens (including phenoxy) is 1. The zero-order chi connectivity index (χ0) is 16.1. The van der Waals surface area contributed by atoms with E-state index in [1.165, 1.54) is 0 Å². The van der Waals surface area contributed by atoms with Crippen LogP contribution >= 0.6 is 0 Å². The van der Waals surface area contributed by atoms with Crippen LogP contribution < -0.4 is 0 Å². The Kier molecular flexibility index (Phi) is 5.35. The molecule has 0 spiro atoms. The summed E-state index contributed by atoms with van der Waals surface area (Å²) in [5.41, 5.74) is 0. The lowest BCUT2D eigenvalue weighted by Gasteiger charge is -2.31. The highest BCUT2D eigenvalue weighted by atomic mass is 16.5. The van der Waals surface area contributed by atoms with E-state index >= 15 is 0 Å². The zero-order valence-electron chi connectivity index (χ0n) is 13.8. The molecule has 1 atom stereocenters. The normalized spacial score (nSPS) is 19.3. The third kappa shape index (κ3) is 3.94. The molecule has 1 saturated heterocycles. The van der Waals surface area contributed by atoms with Crippen LogP contribution in [0, 0.1) is 0 Å². The molecule has 0 amide bonds. The molecule has 1 aliphatic heterocycles. The lowest BCUT2D eigenvalue weighted by Crippen LogP contribution is -2.39. The van der Waals surface area contributed by atoms with Gasteiger partial charge >= 0.3 is 0 Å². The highest BCUT2D eigenvalue weighted by Gasteiger charge is 2.26. The molecule has 8 heteroatoms. The lowest BCUT2D eigenvalue weighted by atomic mass is 10.2. The van der Waals surface area contributed by atoms with Crippen LogP contribution in [-0.2, 0) is 24.2 Å². The maximum absolute atomic E-state index is 5.86. The predicted octanol–water partition coefficient (Wildman–Crippen LogP) is 1.60. The van der Waals surface area contributed by atoms with Crippen molar-refractivity contribution in [1.82, 2.24) is 29.8 Å². The fourth-order valence-electron chi connectivity index (χ4n) is 2.74. The highest BCUT2D eigenvalue weighted by molar-refractivity contribution is 4.96. The zero-order valence-corrected chi connectivity index (χ0v) is 13.8. The van der Waals surface area contributed by atoms with Crippen LogP contribution in [0.25, 0.3) is 0 Å². The third-order valence-corrected chi connectivity index (χ3v) is 4.04. The number of morpholine rings is 1. The average molecular weight is 320 g/mol. The van der Waals surface area contributed by atoms with Crippen LogP contribution in [0.2, 0.25) is 0 Å². The van der Waals surface area contributed by atoms with E-state index < -0.39 is 0 Å². The van der Waals surface area contributed by atoms with Gasteiger partial charge in [-0.1, -0.05) is 18.5 Å². The van der Waals surface area contributed by atoms with Crippen LogP contribution in [0.15, 0.2) is 10.9 Å². The minimum atomic E-state index is -0.0577. The molecule has 3 rings (SSSR count). The second-order valence-corrected chi connectivity index (χ2v) is 5.78. The first-order valence-corrected chi connectivity index (χ1v) is 8.33. The molecule has 3 heterocycles. The number of rotatable bonds is 7. The molecule has 2 aromatic heterocycles. The number of nitrogens with zero attached hydrogens (tertiary/aromatic N) is 6. The average Bonchev–Trinajstić information content (AvgIpc) is 3.22. The van der Waals surface area contributed by atoms with Gasteiger partial charge in [-0.3, -0.25) is 4.90 Å². The van der Waals surface area contributed by atoms with Crippen molar-refractivity contribution in [2.24, 2.45) is 0 Å². The van der Waals surface area contributed by atoms with E-state index in [-0.39, 0.29) is 6.10 Å². The van der Waals surface area contributed by atoms with Crippen molar-refractivity contribution < 1.29 is 9.26 Å². The van der Waals surface area contributed by atoms with Crippen molar-refractivity contribution in [3.05, 3.63) is 23.9 Å². The van der Waals surface area contributed by atoms with Gasteiger partial charge in [-0.25, -0.2) is 0 Å². The molecule has 2 aromatic rings. The van der Waals surface area contributed by atoms with Gasteiger partial charge in [0.1, 0.15) is 12.4 Å². The van der Waals surface area contributed by atoms with E-state index in [4.69, 9.17) is 9.26 Å². The van der Waals surface area contributed by atoms with E-state index in [2.05, 4.69) is 39.1 Å². The number of hydrogen-bond acceptors (Lipinski definition) is 7. The molecule has 1 fully saturated rings. The Morgan fingerprint density at radius 1 is 1.35 bits per heavy atom. The van der Waals surface area contributed by atoms with Gasteiger partial charge in [-0.2, -0.15) is 4.98 Å². The van der Waals surface area contributed by atoms with Crippen LogP contribution in [0.3, 0.4) is 0 Å². The van der Waals surface area contributed by atoms with E-state index in [1.54, 1.807) is 6.33 Å². The molecule has 0 aromatic carbocycles. The Balaban J connectivity index is 1.59. The van der Waals surface area contributed by atoms with Crippen molar-refractivity contribution in [3.63, 3.8) is 0 Å². The summed E-state index contributed by atoms with van der Waals surface area (Å²) in [5.74, 6) is 2.36. The van der Waals surface area contributed by atoms with Crippen molar-refractivity contribution in [2.45, 2.75) is 52.3 Å². The Morgan fingerprint density at radius 2 is 2.26 bits per heavy atom. The summed E-state index contributed by atoms with van der Waals surface area (Å²) in [4.78, 5) is 6.75. The molecule has 8 nitrogen and oxygen atoms in total. The van der Waals surface area contributed by atoms with Crippen molar-refractivity contribution in [2.75, 3.05) is 19.7 Å². The maximum atomic E-state index is 5.86. The monoisotopic (exact) mass is 320 g/mol. The molecule has 0 saturated carbocycles. The first kappa shape index (κ1) is 16.1. The molecular weight excluding hydrogens is 296 g/mol. The molecule has 0 radical (unpaired) electrons. The number of hydrogen-bond donors (Lipinski definition) is 0. The number of aromatic nitrogens is 5. The predicted molar refractivity (Wildman–Crippen MR) is 82.6 cm³/mol. The van der Waals surface area contributed by atoms with Gasteiger partial charge in [0.2, 0.25) is 5.89 Å². The lowest BCUT2D eigenvalue weighted by molar-refractivity contribution is -0.0397. The maximum Gasteiger partial charge on any atom is 0.226 e. The second-order valence-electron chi connectivity index (χ2n) is 5.78. The van der Waals surface area contributed by atoms with Gasteiger partial charge in [-0.15, -0.1) is 10.2 Å². The fourth-order valence-corrected chi connectivity index (χ4v) is 2.74. The summed E-state index contributed by atoms with van der Waals surface area (Å²) in [6, 6.07) is 0. The van der Waals surface area contributed by atoms with Crippen LogP contribution in [0.5, 0.6) is 0 Å². The topological polar surface area (TPSA) is 82.1 Å². The molecule has 1 unspecified atom stereocenters. The molecular formula is C15H24N6O2. The van der Waals surface area contributed by atoms with Gasteiger partial charge in [0.05, 0.1) is 13.2 Å². The smallest absolute Gasteiger partial charge is 0.226 e. The summed E-state index contributed by atoms with van der Waals surface area (Å²) < 4.78 is 13.2. The van der Waals surface area contributed by atoms with Gasteiger partial charge in [0.25, 0.3) is 0 Å². The molecule has 0 aliphatic carbocycles. The Labute approximate surface area is 135 Å². The standard InChI is InChI=1S/C15H24N6O2/c1-3-5-6-14-17-13(19-23-14)10-20-7-8-22-12(9-20)15-18-16-11-21(15)4-2/h11-12H,3-10H2,1-2H3. The van der Waals surface area contributed by atoms with Crippen LogP contribution in [0.4, 0.5) is 0 Å². The Hall–Kier alpha value is -1.80. The summed E-state index contributed by atoms with van der Waals surface area (Å²) in [6.07, 6.45) is 4.75. The van der Waals surface area contributed by atoms with Gasteiger partial charge in [0, 0.05) is 26.1 Å². The highest BCUT2D eigenvalue weighted by Crippen LogP contribution is 2.21. The van der Waals surface area contributed by atoms with Crippen LogP contribution in [-0.4, -0.2) is 49.5 Å². The van der Waals surface area contributed by atoms with E-state index in [9.17, 15) is 0 Å². The minimum Gasteiger partial charge on any atom is -0.368 e.